The fraction of sp³-hybridized carbons (Fsp3) is 0.207. The van der Waals surface area contributed by atoms with Crippen molar-refractivity contribution >= 4 is 39.2 Å². The summed E-state index contributed by atoms with van der Waals surface area (Å²) in [7, 11) is -3.67. The molecule has 14 heteroatoms. The number of carbonyl (C=O) groups excluding carboxylic acids is 1. The van der Waals surface area contributed by atoms with Crippen molar-refractivity contribution in [3.8, 4) is 11.1 Å². The lowest BCUT2D eigenvalue weighted by molar-refractivity contribution is 0.0174. The lowest BCUT2D eigenvalue weighted by Crippen LogP contribution is -2.28. The molecule has 0 unspecified atom stereocenters. The van der Waals surface area contributed by atoms with E-state index in [9.17, 15) is 26.4 Å². The first-order valence-electron chi connectivity index (χ1n) is 13.3. The number of urea groups is 1. The van der Waals surface area contributed by atoms with Crippen LogP contribution in [-0.4, -0.2) is 37.5 Å². The van der Waals surface area contributed by atoms with Crippen LogP contribution in [0.25, 0.3) is 11.1 Å². The number of sulfonamides is 1. The fourth-order valence-electron chi connectivity index (χ4n) is 4.34. The van der Waals surface area contributed by atoms with Gasteiger partial charge in [-0.05, 0) is 53.9 Å². The van der Waals surface area contributed by atoms with Crippen molar-refractivity contribution in [3.63, 3.8) is 0 Å². The molecule has 0 saturated carbocycles. The van der Waals surface area contributed by atoms with E-state index in [1.807, 2.05) is 12.1 Å². The van der Waals surface area contributed by atoms with Gasteiger partial charge in [0.2, 0.25) is 16.0 Å². The van der Waals surface area contributed by atoms with Gasteiger partial charge >= 0.3 is 6.03 Å². The highest BCUT2D eigenvalue weighted by Crippen LogP contribution is 2.31. The first-order chi connectivity index (χ1) is 20.5. The summed E-state index contributed by atoms with van der Waals surface area (Å²) in [6.07, 6.45) is 2.12. The Hall–Kier alpha value is -4.69. The zero-order chi connectivity index (χ0) is 30.6. The Balaban J connectivity index is 1.32. The molecular formula is C29H28F3N7O3S. The summed E-state index contributed by atoms with van der Waals surface area (Å²) in [5.41, 5.74) is 1.83. The summed E-state index contributed by atoms with van der Waals surface area (Å²) < 4.78 is 69.2. The third-order valence-corrected chi connectivity index (χ3v) is 8.00. The van der Waals surface area contributed by atoms with Gasteiger partial charge in [-0.25, -0.2) is 36.1 Å². The van der Waals surface area contributed by atoms with E-state index in [1.165, 1.54) is 12.1 Å². The van der Waals surface area contributed by atoms with Gasteiger partial charge in [-0.3, -0.25) is 0 Å². The van der Waals surface area contributed by atoms with Crippen LogP contribution in [0.3, 0.4) is 0 Å². The number of rotatable bonds is 5. The lowest BCUT2D eigenvalue weighted by atomic mass is 10.0. The molecule has 10 nitrogen and oxygen atoms in total. The van der Waals surface area contributed by atoms with Crippen LogP contribution >= 0.6 is 0 Å². The number of hydrogen-bond acceptors (Lipinski definition) is 7. The van der Waals surface area contributed by atoms with E-state index in [0.29, 0.717) is 42.5 Å². The molecule has 224 valence electrons. The maximum Gasteiger partial charge on any atom is 0.319 e. The normalized spacial score (nSPS) is 14.6. The monoisotopic (exact) mass is 611 g/mol. The number of fused-ring (bicyclic) bond motifs is 4. The number of benzene rings is 3. The van der Waals surface area contributed by atoms with Crippen molar-refractivity contribution in [2.75, 3.05) is 29.0 Å². The van der Waals surface area contributed by atoms with E-state index in [2.05, 4.69) is 36.0 Å². The van der Waals surface area contributed by atoms with Crippen molar-refractivity contribution < 1.29 is 26.4 Å². The van der Waals surface area contributed by atoms with Crippen LogP contribution < -0.4 is 26.0 Å². The van der Waals surface area contributed by atoms with E-state index in [0.717, 1.165) is 23.8 Å². The molecule has 43 heavy (non-hydrogen) atoms. The Morgan fingerprint density at radius 1 is 1.05 bits per heavy atom. The van der Waals surface area contributed by atoms with Crippen molar-refractivity contribution in [3.05, 3.63) is 89.9 Å². The maximum atomic E-state index is 14.1. The number of aromatic nitrogens is 2. The number of halogens is 3. The van der Waals surface area contributed by atoms with E-state index in [1.54, 1.807) is 30.5 Å². The Morgan fingerprint density at radius 2 is 1.86 bits per heavy atom. The largest absolute Gasteiger partial charge is 0.369 e. The van der Waals surface area contributed by atoms with Crippen LogP contribution in [0.4, 0.5) is 41.1 Å². The topological polar surface area (TPSA) is 137 Å². The molecule has 5 N–H and O–H groups in total. The van der Waals surface area contributed by atoms with Crippen LogP contribution in [0.2, 0.25) is 0 Å². The summed E-state index contributed by atoms with van der Waals surface area (Å²) in [5, 5.41) is 11.2. The van der Waals surface area contributed by atoms with Gasteiger partial charge in [0, 0.05) is 49.6 Å². The molecule has 2 heterocycles. The molecule has 0 saturated heterocycles. The van der Waals surface area contributed by atoms with Crippen LogP contribution in [0.15, 0.2) is 77.8 Å². The average Bonchev–Trinajstić information content (AvgIpc) is 2.97. The maximum absolute atomic E-state index is 14.1. The molecular weight excluding hydrogens is 583 g/mol. The summed E-state index contributed by atoms with van der Waals surface area (Å²) in [4.78, 5) is 21.6. The molecule has 5 rings (SSSR count). The molecule has 3 aromatic carbocycles. The van der Waals surface area contributed by atoms with E-state index >= 15 is 0 Å². The predicted molar refractivity (Wildman–Crippen MR) is 157 cm³/mol. The highest BCUT2D eigenvalue weighted by Gasteiger charge is 2.25. The van der Waals surface area contributed by atoms with Gasteiger partial charge in [0.25, 0.3) is 5.92 Å². The Bertz CT molecular complexity index is 1760. The smallest absolute Gasteiger partial charge is 0.319 e. The Morgan fingerprint density at radius 3 is 2.67 bits per heavy atom. The lowest BCUT2D eigenvalue weighted by Gasteiger charge is -2.15. The number of amides is 2. The summed E-state index contributed by atoms with van der Waals surface area (Å²) in [5.74, 6) is -3.25. The van der Waals surface area contributed by atoms with Gasteiger partial charge in [-0.15, -0.1) is 0 Å². The molecule has 4 aromatic rings. The third kappa shape index (κ3) is 7.40. The summed E-state index contributed by atoms with van der Waals surface area (Å²) >= 11 is 0. The Labute approximate surface area is 246 Å². The van der Waals surface area contributed by atoms with Crippen molar-refractivity contribution in [2.24, 2.45) is 0 Å². The third-order valence-electron chi connectivity index (χ3n) is 6.54. The molecule has 0 atom stereocenters. The minimum atomic E-state index is -3.67. The highest BCUT2D eigenvalue weighted by atomic mass is 32.2. The number of anilines is 4. The summed E-state index contributed by atoms with van der Waals surface area (Å²) in [6.45, 7) is 1.39. The van der Waals surface area contributed by atoms with Gasteiger partial charge in [-0.2, -0.15) is 4.98 Å². The number of nitrogens with zero attached hydrogens (tertiary/aromatic N) is 2. The number of hydrogen-bond donors (Lipinski definition) is 5. The molecule has 4 bridgehead atoms. The van der Waals surface area contributed by atoms with Crippen LogP contribution in [-0.2, 0) is 22.5 Å². The first kappa shape index (κ1) is 29.8. The van der Waals surface area contributed by atoms with Gasteiger partial charge in [-0.1, -0.05) is 30.3 Å². The molecule has 1 aromatic heterocycles. The highest BCUT2D eigenvalue weighted by molar-refractivity contribution is 7.89. The zero-order valence-corrected chi connectivity index (χ0v) is 23.7. The van der Waals surface area contributed by atoms with Crippen LogP contribution in [0.1, 0.15) is 24.5 Å². The quantitative estimate of drug-likeness (QED) is 0.200. The summed E-state index contributed by atoms with van der Waals surface area (Å²) in [6, 6.07) is 15.6. The van der Waals surface area contributed by atoms with Crippen LogP contribution in [0, 0.1) is 5.82 Å². The van der Waals surface area contributed by atoms with E-state index in [-0.39, 0.29) is 29.6 Å². The van der Waals surface area contributed by atoms with Crippen molar-refractivity contribution in [1.29, 1.82) is 0 Å². The van der Waals surface area contributed by atoms with Crippen LogP contribution in [0.5, 0.6) is 0 Å². The number of alkyl halides is 2. The standard InChI is InChI=1S/C29H28F3N7O3S/c1-29(31,32)20-9-10-24(30)25(14-20)38-28(40)35-16-18-5-2-6-19(13-18)23-17-34-27-37-21-7-3-8-22(15-21)43(41,42)36-12-4-11-33-26(23)39-27/h2-3,5-10,13-15,17,36H,4,11-12,16H2,1H3,(H2,35,38,40)(H2,33,34,37,39). The molecule has 1 aliphatic rings. The molecule has 0 aliphatic carbocycles. The second kappa shape index (κ2) is 12.3. The molecule has 0 radical (unpaired) electrons. The van der Waals surface area contributed by atoms with E-state index < -0.39 is 33.4 Å². The number of carbonyl (C=O) groups is 1. The zero-order valence-electron chi connectivity index (χ0n) is 22.9. The second-order valence-corrected chi connectivity index (χ2v) is 11.6. The number of nitrogens with one attached hydrogen (secondary N) is 5. The fourth-order valence-corrected chi connectivity index (χ4v) is 5.45. The average molecular weight is 612 g/mol. The minimum absolute atomic E-state index is 0.0602. The minimum Gasteiger partial charge on any atom is -0.369 e. The van der Waals surface area contributed by atoms with Crippen molar-refractivity contribution in [2.45, 2.75) is 30.7 Å². The second-order valence-electron chi connectivity index (χ2n) is 9.88. The SMILES string of the molecule is CC(F)(F)c1ccc(F)c(NC(=O)NCc2cccc(-c3cnc4nc3NCCCNS(=O)(=O)c3cccc(c3)N4)c2)c1. The van der Waals surface area contributed by atoms with E-state index in [4.69, 9.17) is 0 Å². The molecule has 0 fully saturated rings. The Kier molecular flexibility index (Phi) is 8.50. The van der Waals surface area contributed by atoms with Gasteiger partial charge in [0.15, 0.2) is 0 Å². The molecule has 2 amide bonds. The predicted octanol–water partition coefficient (Wildman–Crippen LogP) is 5.55. The van der Waals surface area contributed by atoms with Gasteiger partial charge in [0.05, 0.1) is 10.6 Å². The van der Waals surface area contributed by atoms with Crippen molar-refractivity contribution in [1.82, 2.24) is 20.0 Å². The van der Waals surface area contributed by atoms with Gasteiger partial charge in [0.1, 0.15) is 11.6 Å². The molecule has 1 aliphatic heterocycles. The van der Waals surface area contributed by atoms with Gasteiger partial charge < -0.3 is 21.3 Å². The molecule has 0 spiro atoms. The first-order valence-corrected chi connectivity index (χ1v) is 14.8.